The Labute approximate surface area is 123 Å². The lowest BCUT2D eigenvalue weighted by molar-refractivity contribution is -0.137. The topological polar surface area (TPSA) is 24.5 Å². The van der Waals surface area contributed by atoms with Crippen LogP contribution >= 0.6 is 0 Å². The van der Waals surface area contributed by atoms with Crippen LogP contribution < -0.4 is 10.2 Å². The molecule has 0 amide bonds. The van der Waals surface area contributed by atoms with Gasteiger partial charge in [-0.05, 0) is 38.6 Å². The van der Waals surface area contributed by atoms with E-state index in [0.717, 1.165) is 0 Å². The van der Waals surface area contributed by atoms with Crippen molar-refractivity contribution in [2.24, 2.45) is 0 Å². The molecule has 2 rings (SSSR count). The van der Waals surface area contributed by atoms with Gasteiger partial charge in [-0.2, -0.15) is 13.2 Å². The summed E-state index contributed by atoms with van der Waals surface area (Å²) in [6, 6.07) is 4.54. The second-order valence-electron chi connectivity index (χ2n) is 5.91. The van der Waals surface area contributed by atoms with Crippen LogP contribution in [0.25, 0.3) is 0 Å². The van der Waals surface area contributed by atoms with Gasteiger partial charge < -0.3 is 15.0 Å². The molecule has 1 aliphatic heterocycles. The van der Waals surface area contributed by atoms with Crippen molar-refractivity contribution in [1.29, 1.82) is 0 Å². The van der Waals surface area contributed by atoms with Crippen molar-refractivity contribution < 1.29 is 17.9 Å². The molecule has 0 aliphatic carbocycles. The summed E-state index contributed by atoms with van der Waals surface area (Å²) in [6.07, 6.45) is -4.36. The van der Waals surface area contributed by atoms with E-state index < -0.39 is 17.3 Å². The molecular weight excluding hydrogens is 281 g/mol. The van der Waals surface area contributed by atoms with E-state index in [9.17, 15) is 13.2 Å². The molecule has 1 aliphatic rings. The molecule has 1 heterocycles. The molecule has 0 atom stereocenters. The van der Waals surface area contributed by atoms with Gasteiger partial charge >= 0.3 is 6.18 Å². The highest BCUT2D eigenvalue weighted by Gasteiger charge is 2.37. The smallest absolute Gasteiger partial charge is 0.372 e. The molecule has 0 spiro atoms. The summed E-state index contributed by atoms with van der Waals surface area (Å²) >= 11 is 0. The summed E-state index contributed by atoms with van der Waals surface area (Å²) in [5.74, 6) is 0. The molecule has 118 valence electrons. The number of nitrogens with one attached hydrogen (secondary N) is 1. The minimum atomic E-state index is -4.36. The Morgan fingerprint density at radius 1 is 1.33 bits per heavy atom. The molecule has 1 saturated heterocycles. The van der Waals surface area contributed by atoms with E-state index in [1.54, 1.807) is 24.1 Å². The average Bonchev–Trinajstić information content (AvgIpc) is 2.37. The molecule has 3 nitrogen and oxygen atoms in total. The summed E-state index contributed by atoms with van der Waals surface area (Å²) in [4.78, 5) is 1.76. The largest absolute Gasteiger partial charge is 0.418 e. The lowest BCUT2D eigenvalue weighted by Crippen LogP contribution is -2.48. The quantitative estimate of drug-likeness (QED) is 0.929. The van der Waals surface area contributed by atoms with Crippen LogP contribution in [0.5, 0.6) is 0 Å². The average molecular weight is 302 g/mol. The van der Waals surface area contributed by atoms with Gasteiger partial charge in [-0.15, -0.1) is 0 Å². The van der Waals surface area contributed by atoms with Gasteiger partial charge in [0.2, 0.25) is 0 Å². The zero-order chi connectivity index (χ0) is 15.7. The standard InChI is InChI=1S/C15H21F3N2O/c1-14(2)10-20(6-7-21-14)13-5-4-11(9-19-3)8-12(13)15(16,17)18/h4-5,8,19H,6-7,9-10H2,1-3H3. The van der Waals surface area contributed by atoms with Crippen molar-refractivity contribution in [3.05, 3.63) is 29.3 Å². The molecular formula is C15H21F3N2O. The maximum atomic E-state index is 13.3. The number of halogens is 3. The zero-order valence-electron chi connectivity index (χ0n) is 12.5. The number of rotatable bonds is 3. The van der Waals surface area contributed by atoms with Crippen molar-refractivity contribution in [1.82, 2.24) is 5.32 Å². The van der Waals surface area contributed by atoms with Gasteiger partial charge in [-0.25, -0.2) is 0 Å². The minimum Gasteiger partial charge on any atom is -0.372 e. The van der Waals surface area contributed by atoms with Crippen LogP contribution in [0.1, 0.15) is 25.0 Å². The Kier molecular flexibility index (Phi) is 4.49. The number of hydrogen-bond acceptors (Lipinski definition) is 3. The number of alkyl halides is 3. The zero-order valence-corrected chi connectivity index (χ0v) is 12.5. The van der Waals surface area contributed by atoms with Crippen LogP contribution in [0.4, 0.5) is 18.9 Å². The molecule has 6 heteroatoms. The predicted octanol–water partition coefficient (Wildman–Crippen LogP) is 3.04. The highest BCUT2D eigenvalue weighted by Crippen LogP contribution is 2.38. The van der Waals surface area contributed by atoms with Gasteiger partial charge in [0, 0.05) is 25.3 Å². The van der Waals surface area contributed by atoms with E-state index in [1.807, 2.05) is 13.8 Å². The lowest BCUT2D eigenvalue weighted by atomic mass is 10.0. The fourth-order valence-electron chi connectivity index (χ4n) is 2.62. The normalized spacial score (nSPS) is 18.9. The first-order valence-electron chi connectivity index (χ1n) is 6.96. The summed E-state index contributed by atoms with van der Waals surface area (Å²) in [5, 5.41) is 2.87. The highest BCUT2D eigenvalue weighted by molar-refractivity contribution is 5.57. The SMILES string of the molecule is CNCc1ccc(N2CCOC(C)(C)C2)c(C(F)(F)F)c1. The van der Waals surface area contributed by atoms with Gasteiger partial charge in [-0.1, -0.05) is 6.07 Å². The van der Waals surface area contributed by atoms with E-state index in [4.69, 9.17) is 4.74 Å². The van der Waals surface area contributed by atoms with Crippen molar-refractivity contribution >= 4 is 5.69 Å². The maximum absolute atomic E-state index is 13.3. The number of nitrogens with zero attached hydrogens (tertiary/aromatic N) is 1. The first-order chi connectivity index (χ1) is 9.73. The van der Waals surface area contributed by atoms with E-state index in [0.29, 0.717) is 31.8 Å². The van der Waals surface area contributed by atoms with Crippen LogP contribution in [-0.2, 0) is 17.5 Å². The maximum Gasteiger partial charge on any atom is 0.418 e. The van der Waals surface area contributed by atoms with Gasteiger partial charge in [-0.3, -0.25) is 0 Å². The number of hydrogen-bond donors (Lipinski definition) is 1. The molecule has 1 N–H and O–H groups in total. The van der Waals surface area contributed by atoms with E-state index in [2.05, 4.69) is 5.32 Å². The first kappa shape index (κ1) is 16.1. The third-order valence-corrected chi connectivity index (χ3v) is 3.51. The molecule has 1 fully saturated rings. The van der Waals surface area contributed by atoms with Crippen molar-refractivity contribution in [2.45, 2.75) is 32.2 Å². The Balaban J connectivity index is 2.38. The molecule has 1 aromatic rings. The highest BCUT2D eigenvalue weighted by atomic mass is 19.4. The van der Waals surface area contributed by atoms with Gasteiger partial charge in [0.05, 0.1) is 17.8 Å². The Morgan fingerprint density at radius 3 is 2.62 bits per heavy atom. The fourth-order valence-corrected chi connectivity index (χ4v) is 2.62. The van der Waals surface area contributed by atoms with E-state index in [-0.39, 0.29) is 5.69 Å². The Bertz CT molecular complexity index is 500. The molecule has 1 aromatic carbocycles. The minimum absolute atomic E-state index is 0.235. The molecule has 0 radical (unpaired) electrons. The third-order valence-electron chi connectivity index (χ3n) is 3.51. The van der Waals surface area contributed by atoms with Crippen molar-refractivity contribution in [3.8, 4) is 0 Å². The van der Waals surface area contributed by atoms with Crippen LogP contribution in [0.2, 0.25) is 0 Å². The van der Waals surface area contributed by atoms with Crippen molar-refractivity contribution in [2.75, 3.05) is 31.6 Å². The fraction of sp³-hybridized carbons (Fsp3) is 0.600. The number of morpholine rings is 1. The first-order valence-corrected chi connectivity index (χ1v) is 6.96. The lowest BCUT2D eigenvalue weighted by Gasteiger charge is -2.40. The monoisotopic (exact) mass is 302 g/mol. The molecule has 0 aromatic heterocycles. The second-order valence-corrected chi connectivity index (χ2v) is 5.91. The van der Waals surface area contributed by atoms with E-state index >= 15 is 0 Å². The van der Waals surface area contributed by atoms with Crippen LogP contribution in [-0.4, -0.2) is 32.3 Å². The van der Waals surface area contributed by atoms with Gasteiger partial charge in [0.15, 0.2) is 0 Å². The summed E-state index contributed by atoms with van der Waals surface area (Å²) in [5.41, 5.74) is -0.155. The van der Waals surface area contributed by atoms with Crippen LogP contribution in [0, 0.1) is 0 Å². The Hall–Kier alpha value is -1.27. The van der Waals surface area contributed by atoms with Gasteiger partial charge in [0.1, 0.15) is 0 Å². The summed E-state index contributed by atoms with van der Waals surface area (Å²) in [7, 11) is 1.71. The molecule has 0 bridgehead atoms. The second kappa shape index (κ2) is 5.85. The summed E-state index contributed by atoms with van der Waals surface area (Å²) in [6.45, 7) is 5.55. The van der Waals surface area contributed by atoms with Gasteiger partial charge in [0.25, 0.3) is 0 Å². The number of benzene rings is 1. The summed E-state index contributed by atoms with van der Waals surface area (Å²) < 4.78 is 45.6. The Morgan fingerprint density at radius 2 is 2.05 bits per heavy atom. The molecule has 21 heavy (non-hydrogen) atoms. The predicted molar refractivity (Wildman–Crippen MR) is 76.5 cm³/mol. The van der Waals surface area contributed by atoms with Crippen molar-refractivity contribution in [3.63, 3.8) is 0 Å². The van der Waals surface area contributed by atoms with Crippen LogP contribution in [0.3, 0.4) is 0 Å². The van der Waals surface area contributed by atoms with Crippen LogP contribution in [0.15, 0.2) is 18.2 Å². The number of ether oxygens (including phenoxy) is 1. The third kappa shape index (κ3) is 3.89. The number of anilines is 1. The molecule has 0 saturated carbocycles. The van der Waals surface area contributed by atoms with E-state index in [1.165, 1.54) is 6.07 Å². The molecule has 0 unspecified atom stereocenters.